The standard InChI is InChI=1S/C13H11ClF2N2/c14-11-9(12(17)6-13(15,16)7-12)5-8-3-1-2-4-10(8)18-11/h1-5H,6-7,17H2. The molecule has 3 rings (SSSR count). The number of alkyl halides is 2. The molecule has 0 aliphatic heterocycles. The van der Waals surface area contributed by atoms with E-state index in [9.17, 15) is 8.78 Å². The molecule has 1 heterocycles. The van der Waals surface area contributed by atoms with Crippen molar-refractivity contribution in [3.05, 3.63) is 41.0 Å². The molecule has 1 aliphatic carbocycles. The van der Waals surface area contributed by atoms with Gasteiger partial charge in [-0.25, -0.2) is 13.8 Å². The molecule has 2 N–H and O–H groups in total. The zero-order chi connectivity index (χ0) is 13.0. The van der Waals surface area contributed by atoms with E-state index in [1.54, 1.807) is 6.07 Å². The molecule has 0 bridgehead atoms. The first-order valence-corrected chi connectivity index (χ1v) is 6.00. The highest BCUT2D eigenvalue weighted by atomic mass is 35.5. The maximum absolute atomic E-state index is 13.0. The van der Waals surface area contributed by atoms with E-state index >= 15 is 0 Å². The van der Waals surface area contributed by atoms with Crippen LogP contribution in [0.5, 0.6) is 0 Å². The van der Waals surface area contributed by atoms with Gasteiger partial charge in [0, 0.05) is 23.8 Å². The molecule has 0 radical (unpaired) electrons. The van der Waals surface area contributed by atoms with Crippen molar-refractivity contribution in [3.8, 4) is 0 Å². The van der Waals surface area contributed by atoms with Gasteiger partial charge in [0.2, 0.25) is 0 Å². The van der Waals surface area contributed by atoms with Gasteiger partial charge in [0.1, 0.15) is 5.15 Å². The Kier molecular flexibility index (Phi) is 2.37. The van der Waals surface area contributed by atoms with Gasteiger partial charge in [0.25, 0.3) is 5.92 Å². The van der Waals surface area contributed by atoms with Crippen molar-refractivity contribution >= 4 is 22.5 Å². The average molecular weight is 269 g/mol. The SMILES string of the molecule is NC1(c2cc3ccccc3nc2Cl)CC(F)(F)C1. The summed E-state index contributed by atoms with van der Waals surface area (Å²) in [6.07, 6.45) is -0.751. The summed E-state index contributed by atoms with van der Waals surface area (Å²) in [6, 6.07) is 9.16. The Morgan fingerprint density at radius 2 is 1.89 bits per heavy atom. The highest BCUT2D eigenvalue weighted by Crippen LogP contribution is 2.51. The highest BCUT2D eigenvalue weighted by Gasteiger charge is 2.56. The van der Waals surface area contributed by atoms with Gasteiger partial charge in [-0.15, -0.1) is 0 Å². The van der Waals surface area contributed by atoms with Gasteiger partial charge in [-0.3, -0.25) is 0 Å². The van der Waals surface area contributed by atoms with Crippen LogP contribution in [0.1, 0.15) is 18.4 Å². The maximum atomic E-state index is 13.0. The third-order valence-corrected chi connectivity index (χ3v) is 3.65. The molecular weight excluding hydrogens is 258 g/mol. The Hall–Kier alpha value is -1.26. The topological polar surface area (TPSA) is 38.9 Å². The molecule has 1 fully saturated rings. The molecule has 0 atom stereocenters. The molecule has 0 spiro atoms. The van der Waals surface area contributed by atoms with Crippen molar-refractivity contribution in [1.29, 1.82) is 0 Å². The third-order valence-electron chi connectivity index (χ3n) is 3.36. The molecule has 1 aromatic carbocycles. The number of hydrogen-bond acceptors (Lipinski definition) is 2. The Morgan fingerprint density at radius 3 is 2.56 bits per heavy atom. The van der Waals surface area contributed by atoms with Crippen LogP contribution in [0.4, 0.5) is 8.78 Å². The molecule has 0 saturated heterocycles. The van der Waals surface area contributed by atoms with Crippen LogP contribution in [0.25, 0.3) is 10.9 Å². The molecule has 2 aromatic rings. The van der Waals surface area contributed by atoms with Crippen molar-refractivity contribution in [1.82, 2.24) is 4.98 Å². The predicted octanol–water partition coefficient (Wildman–Crippen LogP) is 3.47. The minimum absolute atomic E-state index is 0.215. The molecule has 0 unspecified atom stereocenters. The second kappa shape index (κ2) is 3.62. The number of benzene rings is 1. The van der Waals surface area contributed by atoms with Gasteiger partial charge in [-0.2, -0.15) is 0 Å². The van der Waals surface area contributed by atoms with Crippen LogP contribution in [0.2, 0.25) is 5.15 Å². The minimum Gasteiger partial charge on any atom is -0.321 e. The van der Waals surface area contributed by atoms with Crippen LogP contribution in [0.15, 0.2) is 30.3 Å². The first-order chi connectivity index (χ1) is 8.40. The van der Waals surface area contributed by atoms with E-state index < -0.39 is 11.5 Å². The summed E-state index contributed by atoms with van der Waals surface area (Å²) >= 11 is 6.06. The number of nitrogens with zero attached hydrogens (tertiary/aromatic N) is 1. The second-order valence-electron chi connectivity index (χ2n) is 4.89. The predicted molar refractivity (Wildman–Crippen MR) is 66.8 cm³/mol. The lowest BCUT2D eigenvalue weighted by Crippen LogP contribution is -2.55. The van der Waals surface area contributed by atoms with Gasteiger partial charge < -0.3 is 5.73 Å². The molecule has 2 nitrogen and oxygen atoms in total. The Labute approximate surface area is 108 Å². The zero-order valence-electron chi connectivity index (χ0n) is 9.46. The second-order valence-corrected chi connectivity index (χ2v) is 5.24. The van der Waals surface area contributed by atoms with E-state index in [-0.39, 0.29) is 18.0 Å². The molecule has 1 aliphatic rings. The van der Waals surface area contributed by atoms with Gasteiger partial charge in [0.15, 0.2) is 0 Å². The van der Waals surface area contributed by atoms with E-state index in [4.69, 9.17) is 17.3 Å². The van der Waals surface area contributed by atoms with E-state index in [1.807, 2.05) is 24.3 Å². The molecule has 5 heteroatoms. The van der Waals surface area contributed by atoms with Gasteiger partial charge in [-0.1, -0.05) is 29.8 Å². The molecule has 1 aromatic heterocycles. The minimum atomic E-state index is -2.69. The number of para-hydroxylation sites is 1. The quantitative estimate of drug-likeness (QED) is 0.805. The van der Waals surface area contributed by atoms with Crippen LogP contribution in [-0.2, 0) is 5.54 Å². The number of hydrogen-bond donors (Lipinski definition) is 1. The van der Waals surface area contributed by atoms with E-state index in [0.717, 1.165) is 10.9 Å². The molecule has 0 amide bonds. The van der Waals surface area contributed by atoms with Crippen LogP contribution < -0.4 is 5.73 Å². The monoisotopic (exact) mass is 268 g/mol. The maximum Gasteiger partial charge on any atom is 0.252 e. The average Bonchev–Trinajstić information content (AvgIpc) is 2.25. The number of pyridine rings is 1. The number of nitrogens with two attached hydrogens (primary N) is 1. The summed E-state index contributed by atoms with van der Waals surface area (Å²) in [5, 5.41) is 1.07. The Bertz CT molecular complexity index is 619. The number of halogens is 3. The lowest BCUT2D eigenvalue weighted by Gasteiger charge is -2.45. The fraction of sp³-hybridized carbons (Fsp3) is 0.308. The van der Waals surface area contributed by atoms with Crippen molar-refractivity contribution in [2.24, 2.45) is 5.73 Å². The third kappa shape index (κ3) is 1.76. The fourth-order valence-electron chi connectivity index (χ4n) is 2.50. The van der Waals surface area contributed by atoms with Crippen molar-refractivity contribution in [2.75, 3.05) is 0 Å². The van der Waals surface area contributed by atoms with E-state index in [2.05, 4.69) is 4.98 Å². The Balaban J connectivity index is 2.10. The van der Waals surface area contributed by atoms with Crippen molar-refractivity contribution in [2.45, 2.75) is 24.3 Å². The summed E-state index contributed by atoms with van der Waals surface area (Å²) in [5.41, 5.74) is 6.17. The summed E-state index contributed by atoms with van der Waals surface area (Å²) in [5.74, 6) is -2.69. The van der Waals surface area contributed by atoms with Crippen LogP contribution in [-0.4, -0.2) is 10.9 Å². The van der Waals surface area contributed by atoms with Crippen molar-refractivity contribution < 1.29 is 8.78 Å². The van der Waals surface area contributed by atoms with E-state index in [0.29, 0.717) is 5.56 Å². The zero-order valence-corrected chi connectivity index (χ0v) is 10.2. The number of rotatable bonds is 1. The summed E-state index contributed by atoms with van der Waals surface area (Å²) in [6.45, 7) is 0. The van der Waals surface area contributed by atoms with Crippen LogP contribution in [0, 0.1) is 0 Å². The van der Waals surface area contributed by atoms with E-state index in [1.165, 1.54) is 0 Å². The molecule has 18 heavy (non-hydrogen) atoms. The van der Waals surface area contributed by atoms with Gasteiger partial charge >= 0.3 is 0 Å². The first-order valence-electron chi connectivity index (χ1n) is 5.62. The summed E-state index contributed by atoms with van der Waals surface area (Å²) < 4.78 is 26.0. The largest absolute Gasteiger partial charge is 0.321 e. The lowest BCUT2D eigenvalue weighted by atomic mass is 9.70. The highest BCUT2D eigenvalue weighted by molar-refractivity contribution is 6.30. The number of aromatic nitrogens is 1. The smallest absolute Gasteiger partial charge is 0.252 e. The van der Waals surface area contributed by atoms with Crippen molar-refractivity contribution in [3.63, 3.8) is 0 Å². The normalized spacial score (nSPS) is 20.7. The first kappa shape index (κ1) is 11.8. The van der Waals surface area contributed by atoms with Crippen LogP contribution >= 0.6 is 11.6 Å². The fourth-order valence-corrected chi connectivity index (χ4v) is 2.84. The Morgan fingerprint density at radius 1 is 1.22 bits per heavy atom. The molecule has 1 saturated carbocycles. The van der Waals surface area contributed by atoms with Gasteiger partial charge in [-0.05, 0) is 12.1 Å². The molecular formula is C13H11ClF2N2. The van der Waals surface area contributed by atoms with Crippen LogP contribution in [0.3, 0.4) is 0 Å². The van der Waals surface area contributed by atoms with Gasteiger partial charge in [0.05, 0.1) is 11.1 Å². The lowest BCUT2D eigenvalue weighted by molar-refractivity contribution is -0.125. The molecule has 94 valence electrons. The summed E-state index contributed by atoms with van der Waals surface area (Å²) in [4.78, 5) is 4.21. The number of fused-ring (bicyclic) bond motifs is 1. The summed E-state index contributed by atoms with van der Waals surface area (Å²) in [7, 11) is 0.